The van der Waals surface area contributed by atoms with Gasteiger partial charge in [0.15, 0.2) is 5.78 Å². The van der Waals surface area contributed by atoms with E-state index in [1.165, 1.54) is 4.31 Å². The van der Waals surface area contributed by atoms with Crippen molar-refractivity contribution in [3.8, 4) is 0 Å². The second kappa shape index (κ2) is 6.91. The number of fused-ring (bicyclic) bond motifs is 1. The third-order valence-electron chi connectivity index (χ3n) is 5.19. The van der Waals surface area contributed by atoms with Gasteiger partial charge in [0.1, 0.15) is 0 Å². The van der Waals surface area contributed by atoms with E-state index in [1.807, 2.05) is 38.1 Å². The summed E-state index contributed by atoms with van der Waals surface area (Å²) >= 11 is 0. The molecule has 1 atom stereocenters. The van der Waals surface area contributed by atoms with Crippen molar-refractivity contribution in [3.05, 3.63) is 95.1 Å². The van der Waals surface area contributed by atoms with E-state index in [1.54, 1.807) is 48.5 Å². The maximum atomic E-state index is 13.4. The Bertz CT molecular complexity index is 1130. The number of nitrogens with zero attached hydrogens (tertiary/aromatic N) is 1. The SMILES string of the molecule is Cc1ccc(C2CN(S(=O)(=O)c3ccc(C)cc3)c3ccccc3C2=O)cc1. The van der Waals surface area contributed by atoms with E-state index in [4.69, 9.17) is 0 Å². The van der Waals surface area contributed by atoms with Crippen molar-refractivity contribution in [1.82, 2.24) is 0 Å². The first-order chi connectivity index (χ1) is 13.4. The Labute approximate surface area is 165 Å². The number of aryl methyl sites for hydroxylation is 2. The Morgan fingerprint density at radius 1 is 0.821 bits per heavy atom. The fourth-order valence-corrected chi connectivity index (χ4v) is 5.05. The number of ketones is 1. The highest BCUT2D eigenvalue weighted by Crippen LogP contribution is 2.37. The van der Waals surface area contributed by atoms with Gasteiger partial charge in [0.2, 0.25) is 0 Å². The summed E-state index contributed by atoms with van der Waals surface area (Å²) in [5, 5.41) is 0. The average Bonchev–Trinajstić information content (AvgIpc) is 2.69. The molecule has 0 amide bonds. The van der Waals surface area contributed by atoms with Crippen molar-refractivity contribution in [2.75, 3.05) is 10.8 Å². The Hall–Kier alpha value is -2.92. The third kappa shape index (κ3) is 3.12. The summed E-state index contributed by atoms with van der Waals surface area (Å²) in [6.45, 7) is 3.99. The zero-order valence-corrected chi connectivity index (χ0v) is 16.6. The van der Waals surface area contributed by atoms with Gasteiger partial charge in [-0.1, -0.05) is 59.7 Å². The molecule has 3 aromatic carbocycles. The van der Waals surface area contributed by atoms with E-state index in [-0.39, 0.29) is 17.2 Å². The molecule has 3 aromatic rings. The Morgan fingerprint density at radius 3 is 2.04 bits per heavy atom. The zero-order valence-electron chi connectivity index (χ0n) is 15.8. The number of carbonyl (C=O) groups is 1. The summed E-state index contributed by atoms with van der Waals surface area (Å²) in [4.78, 5) is 13.4. The predicted molar refractivity (Wildman–Crippen MR) is 110 cm³/mol. The molecule has 0 saturated carbocycles. The van der Waals surface area contributed by atoms with Gasteiger partial charge in [-0.05, 0) is 43.7 Å². The Kier molecular flexibility index (Phi) is 4.55. The monoisotopic (exact) mass is 391 g/mol. The summed E-state index contributed by atoms with van der Waals surface area (Å²) < 4.78 is 28.2. The lowest BCUT2D eigenvalue weighted by atomic mass is 9.86. The van der Waals surface area contributed by atoms with Gasteiger partial charge < -0.3 is 0 Å². The van der Waals surface area contributed by atoms with E-state index in [0.29, 0.717) is 11.3 Å². The molecular weight excluding hydrogens is 370 g/mol. The molecule has 142 valence electrons. The van der Waals surface area contributed by atoms with Crippen LogP contribution in [-0.4, -0.2) is 20.7 Å². The first-order valence-electron chi connectivity index (χ1n) is 9.17. The molecule has 0 N–H and O–H groups in total. The number of para-hydroxylation sites is 1. The number of carbonyl (C=O) groups excluding carboxylic acids is 1. The number of anilines is 1. The van der Waals surface area contributed by atoms with Gasteiger partial charge in [0.25, 0.3) is 10.0 Å². The van der Waals surface area contributed by atoms with Crippen LogP contribution in [0.25, 0.3) is 0 Å². The van der Waals surface area contributed by atoms with Crippen LogP contribution in [0.15, 0.2) is 77.7 Å². The lowest BCUT2D eigenvalue weighted by molar-refractivity contribution is 0.0958. The van der Waals surface area contributed by atoms with Gasteiger partial charge in [-0.15, -0.1) is 0 Å². The largest absolute Gasteiger partial charge is 0.293 e. The topological polar surface area (TPSA) is 54.5 Å². The second-order valence-electron chi connectivity index (χ2n) is 7.19. The van der Waals surface area contributed by atoms with Crippen molar-refractivity contribution < 1.29 is 13.2 Å². The standard InChI is InChI=1S/C23H21NO3S/c1-16-7-11-18(12-8-16)21-15-24(22-6-4-3-5-20(22)23(21)25)28(26,27)19-13-9-17(2)10-14-19/h3-14,21H,15H2,1-2H3. The summed E-state index contributed by atoms with van der Waals surface area (Å²) in [7, 11) is -3.78. The first-order valence-corrected chi connectivity index (χ1v) is 10.6. The predicted octanol–water partition coefficient (Wildman–Crippen LogP) is 4.48. The highest BCUT2D eigenvalue weighted by Gasteiger charge is 2.38. The molecular formula is C23H21NO3S. The molecule has 0 aromatic heterocycles. The van der Waals surface area contributed by atoms with Gasteiger partial charge in [-0.25, -0.2) is 8.42 Å². The van der Waals surface area contributed by atoms with Crippen LogP contribution < -0.4 is 4.31 Å². The first kappa shape index (κ1) is 18.4. The van der Waals surface area contributed by atoms with E-state index in [0.717, 1.165) is 16.7 Å². The lowest BCUT2D eigenvalue weighted by Crippen LogP contribution is -2.41. The molecule has 0 fully saturated rings. The fraction of sp³-hybridized carbons (Fsp3) is 0.174. The van der Waals surface area contributed by atoms with Crippen LogP contribution in [0.4, 0.5) is 5.69 Å². The van der Waals surface area contributed by atoms with Crippen LogP contribution in [-0.2, 0) is 10.0 Å². The molecule has 0 aliphatic carbocycles. The Balaban J connectivity index is 1.84. The molecule has 0 bridgehead atoms. The highest BCUT2D eigenvalue weighted by molar-refractivity contribution is 7.92. The van der Waals surface area contributed by atoms with E-state index < -0.39 is 15.9 Å². The number of hydrogen-bond acceptors (Lipinski definition) is 3. The van der Waals surface area contributed by atoms with Crippen molar-refractivity contribution in [2.45, 2.75) is 24.7 Å². The van der Waals surface area contributed by atoms with E-state index >= 15 is 0 Å². The van der Waals surface area contributed by atoms with E-state index in [9.17, 15) is 13.2 Å². The molecule has 1 aliphatic rings. The molecule has 1 aliphatic heterocycles. The maximum absolute atomic E-state index is 13.4. The van der Waals surface area contributed by atoms with Crippen molar-refractivity contribution in [2.24, 2.45) is 0 Å². The number of Topliss-reactive ketones (excluding diaryl/α,β-unsaturated/α-hetero) is 1. The van der Waals surface area contributed by atoms with Crippen LogP contribution in [0.5, 0.6) is 0 Å². The fourth-order valence-electron chi connectivity index (χ4n) is 3.55. The maximum Gasteiger partial charge on any atom is 0.264 e. The number of hydrogen-bond donors (Lipinski definition) is 0. The van der Waals surface area contributed by atoms with Gasteiger partial charge >= 0.3 is 0 Å². The molecule has 0 spiro atoms. The summed E-state index contributed by atoms with van der Waals surface area (Å²) in [6, 6.07) is 21.4. The third-order valence-corrected chi connectivity index (χ3v) is 6.99. The van der Waals surface area contributed by atoms with Gasteiger partial charge in [0.05, 0.1) is 16.5 Å². The molecule has 0 radical (unpaired) electrons. The van der Waals surface area contributed by atoms with Crippen LogP contribution in [0, 0.1) is 13.8 Å². The zero-order chi connectivity index (χ0) is 19.9. The second-order valence-corrected chi connectivity index (χ2v) is 9.06. The number of rotatable bonds is 3. The average molecular weight is 391 g/mol. The molecule has 5 heteroatoms. The Morgan fingerprint density at radius 2 is 1.39 bits per heavy atom. The molecule has 4 nitrogen and oxygen atoms in total. The molecule has 1 unspecified atom stereocenters. The molecule has 1 heterocycles. The minimum atomic E-state index is -3.78. The van der Waals surface area contributed by atoms with Crippen molar-refractivity contribution in [3.63, 3.8) is 0 Å². The van der Waals surface area contributed by atoms with Gasteiger partial charge in [-0.3, -0.25) is 9.10 Å². The van der Waals surface area contributed by atoms with Crippen LogP contribution >= 0.6 is 0 Å². The van der Waals surface area contributed by atoms with Crippen molar-refractivity contribution in [1.29, 1.82) is 0 Å². The van der Waals surface area contributed by atoms with Crippen LogP contribution in [0.3, 0.4) is 0 Å². The normalized spacial score (nSPS) is 16.7. The van der Waals surface area contributed by atoms with Gasteiger partial charge in [-0.2, -0.15) is 0 Å². The summed E-state index contributed by atoms with van der Waals surface area (Å²) in [5.74, 6) is -0.578. The highest BCUT2D eigenvalue weighted by atomic mass is 32.2. The smallest absolute Gasteiger partial charge is 0.264 e. The summed E-state index contributed by atoms with van der Waals surface area (Å²) in [6.07, 6.45) is 0. The quantitative estimate of drug-likeness (QED) is 0.661. The van der Waals surface area contributed by atoms with Crippen molar-refractivity contribution >= 4 is 21.5 Å². The number of benzene rings is 3. The molecule has 28 heavy (non-hydrogen) atoms. The van der Waals surface area contributed by atoms with Gasteiger partial charge in [0, 0.05) is 12.1 Å². The van der Waals surface area contributed by atoms with Crippen LogP contribution in [0.1, 0.15) is 33.0 Å². The molecule has 4 rings (SSSR count). The van der Waals surface area contributed by atoms with Crippen LogP contribution in [0.2, 0.25) is 0 Å². The van der Waals surface area contributed by atoms with E-state index in [2.05, 4.69) is 0 Å². The minimum absolute atomic E-state index is 0.0465. The lowest BCUT2D eigenvalue weighted by Gasteiger charge is -2.34. The minimum Gasteiger partial charge on any atom is -0.293 e. The molecule has 0 saturated heterocycles. The number of sulfonamides is 1. The summed E-state index contributed by atoms with van der Waals surface area (Å²) in [5.41, 5.74) is 3.79.